The Morgan fingerprint density at radius 1 is 1.35 bits per heavy atom. The van der Waals surface area contributed by atoms with E-state index in [1.54, 1.807) is 6.07 Å². The van der Waals surface area contributed by atoms with E-state index < -0.39 is 0 Å². The molecule has 0 saturated carbocycles. The molecule has 5 heteroatoms. The topological polar surface area (TPSA) is 57.4 Å². The lowest BCUT2D eigenvalue weighted by atomic mass is 10.3. The largest absolute Gasteiger partial charge is 0.379 e. The van der Waals surface area contributed by atoms with Crippen molar-refractivity contribution in [2.24, 2.45) is 0 Å². The van der Waals surface area contributed by atoms with Crippen LogP contribution in [0.2, 0.25) is 0 Å². The molecule has 0 unspecified atom stereocenters. The summed E-state index contributed by atoms with van der Waals surface area (Å²) in [6, 6.07) is 5.14. The zero-order valence-electron chi connectivity index (χ0n) is 9.95. The van der Waals surface area contributed by atoms with E-state index in [4.69, 9.17) is 4.74 Å². The third-order valence-electron chi connectivity index (χ3n) is 2.84. The normalized spacial score (nSPS) is 16.9. The highest BCUT2D eigenvalue weighted by Crippen LogP contribution is 2.00. The first-order chi connectivity index (χ1) is 8.34. The minimum atomic E-state index is -0.0665. The Morgan fingerprint density at radius 2 is 2.18 bits per heavy atom. The van der Waals surface area contributed by atoms with E-state index in [-0.39, 0.29) is 5.56 Å². The van der Waals surface area contributed by atoms with Crippen LogP contribution in [-0.4, -0.2) is 49.3 Å². The molecule has 1 saturated heterocycles. The summed E-state index contributed by atoms with van der Waals surface area (Å²) in [7, 11) is 0. The minimum absolute atomic E-state index is 0.0665. The summed E-state index contributed by atoms with van der Waals surface area (Å²) in [6.45, 7) is 5.70. The average Bonchev–Trinajstić information content (AvgIpc) is 2.36. The Kier molecular flexibility index (Phi) is 4.58. The van der Waals surface area contributed by atoms with Gasteiger partial charge in [0.25, 0.3) is 0 Å². The van der Waals surface area contributed by atoms with Gasteiger partial charge in [-0.3, -0.25) is 9.69 Å². The van der Waals surface area contributed by atoms with Crippen molar-refractivity contribution < 1.29 is 4.74 Å². The van der Waals surface area contributed by atoms with Crippen molar-refractivity contribution in [2.75, 3.05) is 44.7 Å². The van der Waals surface area contributed by atoms with Crippen LogP contribution < -0.4 is 10.9 Å². The van der Waals surface area contributed by atoms with E-state index >= 15 is 0 Å². The van der Waals surface area contributed by atoms with Crippen molar-refractivity contribution in [2.45, 2.75) is 6.42 Å². The maximum absolute atomic E-state index is 11.1. The number of rotatable bonds is 5. The maximum Gasteiger partial charge on any atom is 0.249 e. The molecule has 2 N–H and O–H groups in total. The van der Waals surface area contributed by atoms with Gasteiger partial charge in [-0.15, -0.1) is 0 Å². The third-order valence-corrected chi connectivity index (χ3v) is 2.84. The Balaban J connectivity index is 1.64. The number of hydrogen-bond acceptors (Lipinski definition) is 4. The molecule has 1 aromatic heterocycles. The van der Waals surface area contributed by atoms with Crippen molar-refractivity contribution in [3.8, 4) is 0 Å². The lowest BCUT2D eigenvalue weighted by Crippen LogP contribution is -2.37. The van der Waals surface area contributed by atoms with Gasteiger partial charge < -0.3 is 15.0 Å². The number of hydrogen-bond donors (Lipinski definition) is 2. The van der Waals surface area contributed by atoms with Crippen LogP contribution >= 0.6 is 0 Å². The predicted molar refractivity (Wildman–Crippen MR) is 67.4 cm³/mol. The SMILES string of the molecule is O=c1cccc(NCCCN2CCOCC2)[nH]1. The Bertz CT molecular complexity index is 385. The molecule has 2 rings (SSSR count). The van der Waals surface area contributed by atoms with Crippen LogP contribution in [0.25, 0.3) is 0 Å². The van der Waals surface area contributed by atoms with Gasteiger partial charge in [0.15, 0.2) is 0 Å². The van der Waals surface area contributed by atoms with Gasteiger partial charge in [0.1, 0.15) is 5.82 Å². The number of nitrogens with one attached hydrogen (secondary N) is 2. The fraction of sp³-hybridized carbons (Fsp3) is 0.583. The van der Waals surface area contributed by atoms with E-state index in [1.165, 1.54) is 6.07 Å². The van der Waals surface area contributed by atoms with Crippen LogP contribution in [0, 0.1) is 0 Å². The summed E-state index contributed by atoms with van der Waals surface area (Å²) in [5.74, 6) is 0.791. The second kappa shape index (κ2) is 6.42. The summed E-state index contributed by atoms with van der Waals surface area (Å²) in [6.07, 6.45) is 1.07. The first kappa shape index (κ1) is 12.1. The molecule has 94 valence electrons. The number of aromatic amines is 1. The first-order valence-electron chi connectivity index (χ1n) is 6.08. The predicted octanol–water partition coefficient (Wildman–Crippen LogP) is 0.509. The van der Waals surface area contributed by atoms with Crippen molar-refractivity contribution in [3.05, 3.63) is 28.6 Å². The number of ether oxygens (including phenoxy) is 1. The Hall–Kier alpha value is -1.33. The van der Waals surface area contributed by atoms with E-state index in [2.05, 4.69) is 15.2 Å². The fourth-order valence-corrected chi connectivity index (χ4v) is 1.90. The number of H-pyrrole nitrogens is 1. The van der Waals surface area contributed by atoms with E-state index in [1.807, 2.05) is 6.07 Å². The Morgan fingerprint density at radius 3 is 2.94 bits per heavy atom. The van der Waals surface area contributed by atoms with Gasteiger partial charge in [0, 0.05) is 25.7 Å². The smallest absolute Gasteiger partial charge is 0.249 e. The summed E-state index contributed by atoms with van der Waals surface area (Å²) >= 11 is 0. The van der Waals surface area contributed by atoms with Gasteiger partial charge in [-0.2, -0.15) is 0 Å². The third kappa shape index (κ3) is 4.20. The van der Waals surface area contributed by atoms with Crippen molar-refractivity contribution in [1.29, 1.82) is 0 Å². The molecule has 1 aliphatic rings. The number of anilines is 1. The number of aromatic nitrogens is 1. The first-order valence-corrected chi connectivity index (χ1v) is 6.08. The highest BCUT2D eigenvalue weighted by Gasteiger charge is 2.08. The number of nitrogens with zero attached hydrogens (tertiary/aromatic N) is 1. The summed E-state index contributed by atoms with van der Waals surface area (Å²) < 4.78 is 5.29. The van der Waals surface area contributed by atoms with E-state index in [9.17, 15) is 4.79 Å². The molecule has 0 radical (unpaired) electrons. The molecule has 0 amide bonds. The highest BCUT2D eigenvalue weighted by atomic mass is 16.5. The maximum atomic E-state index is 11.1. The summed E-state index contributed by atoms with van der Waals surface area (Å²) in [5, 5.41) is 3.21. The van der Waals surface area contributed by atoms with Crippen LogP contribution in [0.4, 0.5) is 5.82 Å². The molecular weight excluding hydrogens is 218 g/mol. The van der Waals surface area contributed by atoms with Gasteiger partial charge in [-0.25, -0.2) is 0 Å². The van der Waals surface area contributed by atoms with Gasteiger partial charge in [0.05, 0.1) is 13.2 Å². The molecule has 1 aromatic rings. The molecule has 0 aromatic carbocycles. The second-order valence-electron chi connectivity index (χ2n) is 4.16. The molecule has 0 bridgehead atoms. The van der Waals surface area contributed by atoms with E-state index in [0.29, 0.717) is 0 Å². The van der Waals surface area contributed by atoms with Crippen LogP contribution in [0.5, 0.6) is 0 Å². The quantitative estimate of drug-likeness (QED) is 0.733. The van der Waals surface area contributed by atoms with Gasteiger partial charge in [-0.05, 0) is 19.0 Å². The van der Waals surface area contributed by atoms with Crippen LogP contribution in [0.15, 0.2) is 23.0 Å². The number of morpholine rings is 1. The van der Waals surface area contributed by atoms with Crippen LogP contribution in [0.3, 0.4) is 0 Å². The number of pyridine rings is 1. The molecule has 0 atom stereocenters. The second-order valence-corrected chi connectivity index (χ2v) is 4.16. The standard InChI is InChI=1S/C12H19N3O2/c16-12-4-1-3-11(14-12)13-5-2-6-15-7-9-17-10-8-15/h1,3-4H,2,5-10H2,(H2,13,14,16). The molecule has 0 aliphatic carbocycles. The molecular formula is C12H19N3O2. The lowest BCUT2D eigenvalue weighted by Gasteiger charge is -2.26. The average molecular weight is 237 g/mol. The zero-order chi connectivity index (χ0) is 11.9. The van der Waals surface area contributed by atoms with E-state index in [0.717, 1.165) is 51.6 Å². The Labute approximate surface area is 101 Å². The van der Waals surface area contributed by atoms with Crippen molar-refractivity contribution in [3.63, 3.8) is 0 Å². The molecule has 1 fully saturated rings. The van der Waals surface area contributed by atoms with Gasteiger partial charge >= 0.3 is 0 Å². The molecule has 1 aliphatic heterocycles. The molecule has 5 nitrogen and oxygen atoms in total. The van der Waals surface area contributed by atoms with Crippen molar-refractivity contribution >= 4 is 5.82 Å². The monoisotopic (exact) mass is 237 g/mol. The van der Waals surface area contributed by atoms with Crippen LogP contribution in [0.1, 0.15) is 6.42 Å². The molecule has 0 spiro atoms. The fourth-order valence-electron chi connectivity index (χ4n) is 1.90. The molecule has 2 heterocycles. The zero-order valence-corrected chi connectivity index (χ0v) is 9.95. The van der Waals surface area contributed by atoms with Gasteiger partial charge in [0.2, 0.25) is 5.56 Å². The van der Waals surface area contributed by atoms with Crippen LogP contribution in [-0.2, 0) is 4.74 Å². The lowest BCUT2D eigenvalue weighted by molar-refractivity contribution is 0.0378. The molecule has 17 heavy (non-hydrogen) atoms. The summed E-state index contributed by atoms with van der Waals surface area (Å²) in [5.41, 5.74) is -0.0665. The van der Waals surface area contributed by atoms with Crippen molar-refractivity contribution in [1.82, 2.24) is 9.88 Å². The minimum Gasteiger partial charge on any atom is -0.379 e. The van der Waals surface area contributed by atoms with Gasteiger partial charge in [-0.1, -0.05) is 6.07 Å². The highest BCUT2D eigenvalue weighted by molar-refractivity contribution is 5.32. The summed E-state index contributed by atoms with van der Waals surface area (Å²) in [4.78, 5) is 16.2.